The molecule has 0 spiro atoms. The number of hydrogen-bond donors (Lipinski definition) is 4. The van der Waals surface area contributed by atoms with Crippen molar-refractivity contribution in [1.29, 1.82) is 0 Å². The molecule has 12 nitrogen and oxygen atoms in total. The van der Waals surface area contributed by atoms with Crippen LogP contribution in [-0.2, 0) is 0 Å². The predicted molar refractivity (Wildman–Crippen MR) is 128 cm³/mol. The molecule has 0 unspecified atom stereocenters. The number of benzene rings is 3. The molecule has 3 aromatic rings. The molecule has 0 atom stereocenters. The van der Waals surface area contributed by atoms with E-state index < -0.39 is 10.5 Å². The Morgan fingerprint density at radius 1 is 0.500 bits per heavy atom. The van der Waals surface area contributed by atoms with Gasteiger partial charge < -0.3 is 31.3 Å². The summed E-state index contributed by atoms with van der Waals surface area (Å²) in [6.45, 7) is 0. The van der Waals surface area contributed by atoms with Crippen molar-refractivity contribution in [3.63, 3.8) is 0 Å². The van der Waals surface area contributed by atoms with Crippen molar-refractivity contribution in [2.45, 2.75) is 0 Å². The Balaban J connectivity index is 1.78. The van der Waals surface area contributed by atoms with Gasteiger partial charge in [-0.25, -0.2) is 0 Å². The lowest BCUT2D eigenvalue weighted by Crippen LogP contribution is -2.13. The lowest BCUT2D eigenvalue weighted by Gasteiger charge is -2.37. The van der Waals surface area contributed by atoms with E-state index in [0.29, 0.717) is 11.1 Å². The lowest BCUT2D eigenvalue weighted by atomic mass is 10.1. The quantitative estimate of drug-likeness (QED) is 0.263. The average Bonchev–Trinajstić information content (AvgIpc) is 2.81. The van der Waals surface area contributed by atoms with Gasteiger partial charge in [-0.1, -0.05) is 60.7 Å². The van der Waals surface area contributed by atoms with E-state index in [1.165, 1.54) is 24.3 Å². The van der Waals surface area contributed by atoms with Crippen molar-refractivity contribution in [2.75, 3.05) is 20.9 Å². The molecule has 0 bridgehead atoms. The highest BCUT2D eigenvalue weighted by Gasteiger charge is 2.07. The average molecular weight is 466 g/mol. The Labute approximate surface area is 193 Å². The maximum absolute atomic E-state index is 10.9. The second kappa shape index (κ2) is 10.8. The van der Waals surface area contributed by atoms with E-state index in [4.69, 9.17) is 0 Å². The Hall–Kier alpha value is -3.98. The third-order valence-electron chi connectivity index (χ3n) is 4.73. The molecule has 0 saturated heterocycles. The maximum Gasteiger partial charge on any atom is 0.103 e. The molecule has 0 aliphatic rings. The molecule has 34 heavy (non-hydrogen) atoms. The minimum absolute atomic E-state index is 0.161. The summed E-state index contributed by atoms with van der Waals surface area (Å²) in [4.78, 5) is 0. The van der Waals surface area contributed by atoms with Gasteiger partial charge in [0.25, 0.3) is 0 Å². The molecule has 0 amide bonds. The highest BCUT2D eigenvalue weighted by Crippen LogP contribution is 2.28. The van der Waals surface area contributed by atoms with E-state index in [1.54, 1.807) is 48.6 Å². The highest BCUT2D eigenvalue weighted by atomic mass is 16.8. The van der Waals surface area contributed by atoms with Gasteiger partial charge in [0.2, 0.25) is 0 Å². The summed E-state index contributed by atoms with van der Waals surface area (Å²) in [6.07, 6.45) is 6.46. The van der Waals surface area contributed by atoms with Crippen molar-refractivity contribution in [3.8, 4) is 0 Å². The third-order valence-corrected chi connectivity index (χ3v) is 4.73. The zero-order valence-corrected chi connectivity index (χ0v) is 17.3. The van der Waals surface area contributed by atoms with Crippen LogP contribution < -0.4 is 20.9 Å². The molecule has 12 heteroatoms. The van der Waals surface area contributed by atoms with Crippen LogP contribution in [0.3, 0.4) is 0 Å². The first-order valence-corrected chi connectivity index (χ1v) is 9.54. The van der Waals surface area contributed by atoms with E-state index in [2.05, 4.69) is 0 Å². The van der Waals surface area contributed by atoms with Gasteiger partial charge in [-0.05, 0) is 35.4 Å². The van der Waals surface area contributed by atoms with Gasteiger partial charge >= 0.3 is 0 Å². The fourth-order valence-corrected chi connectivity index (χ4v) is 3.01. The van der Waals surface area contributed by atoms with E-state index in [0.717, 1.165) is 23.3 Å². The molecule has 0 radical (unpaired) electrons. The SMILES string of the molecule is [O-]N([O-])c1ccc(C=Cc2ccc(C=Cc3ccc(N([O-])[O-])cc3N(O)O)cc2)c(N(O)O)c1. The van der Waals surface area contributed by atoms with Crippen molar-refractivity contribution >= 4 is 47.1 Å². The second-order valence-corrected chi connectivity index (χ2v) is 6.91. The molecule has 0 aliphatic heterocycles. The van der Waals surface area contributed by atoms with Gasteiger partial charge in [0.05, 0.1) is 0 Å². The minimum Gasteiger partial charge on any atom is -0.769 e. The normalized spacial score (nSPS) is 11.3. The van der Waals surface area contributed by atoms with Crippen molar-refractivity contribution in [2.24, 2.45) is 0 Å². The molecule has 0 heterocycles. The fraction of sp³-hybridized carbons (Fsp3) is 0. The van der Waals surface area contributed by atoms with E-state index >= 15 is 0 Å². The summed E-state index contributed by atoms with van der Waals surface area (Å²) in [5.74, 6) is 0. The Kier molecular flexibility index (Phi) is 7.80. The van der Waals surface area contributed by atoms with Crippen LogP contribution in [0.25, 0.3) is 24.3 Å². The summed E-state index contributed by atoms with van der Waals surface area (Å²) in [6, 6.07) is 14.4. The predicted octanol–water partition coefficient (Wildman–Crippen LogP) is 4.80. The van der Waals surface area contributed by atoms with Gasteiger partial charge in [-0.3, -0.25) is 20.8 Å². The summed E-state index contributed by atoms with van der Waals surface area (Å²) >= 11 is 0. The Morgan fingerprint density at radius 3 is 1.15 bits per heavy atom. The van der Waals surface area contributed by atoms with Crippen LogP contribution in [0.4, 0.5) is 22.7 Å². The topological polar surface area (TPSA) is 186 Å². The van der Waals surface area contributed by atoms with Crippen LogP contribution in [0.15, 0.2) is 60.7 Å². The molecule has 4 N–H and O–H groups in total. The summed E-state index contributed by atoms with van der Waals surface area (Å²) in [5, 5.41) is 79.3. The van der Waals surface area contributed by atoms with Crippen molar-refractivity contribution < 1.29 is 20.8 Å². The smallest absolute Gasteiger partial charge is 0.103 e. The van der Waals surface area contributed by atoms with E-state index in [-0.39, 0.29) is 33.2 Å². The first-order valence-electron chi connectivity index (χ1n) is 9.54. The molecule has 178 valence electrons. The molecule has 0 fully saturated rings. The summed E-state index contributed by atoms with van der Waals surface area (Å²) < 4.78 is 0. The molecule has 3 rings (SSSR count). The van der Waals surface area contributed by atoms with Crippen LogP contribution in [0.5, 0.6) is 0 Å². The standard InChI is InChI=1S/C22H18N4O8/c27-23(28)19-11-9-17(21(13-19)25(31)32)7-5-15-1-2-16(4-3-15)6-8-18-10-12-20(24(29)30)14-22(18)26(33)34/h1-14,31-34H/q-4. The monoisotopic (exact) mass is 466 g/mol. The first kappa shape index (κ1) is 24.7. The first-order chi connectivity index (χ1) is 16.2. The van der Waals surface area contributed by atoms with E-state index in [1.807, 2.05) is 0 Å². The van der Waals surface area contributed by atoms with Crippen LogP contribution in [0.2, 0.25) is 0 Å². The number of nitrogens with zero attached hydrogens (tertiary/aromatic N) is 4. The molecule has 0 aromatic heterocycles. The van der Waals surface area contributed by atoms with Gasteiger partial charge in [0.1, 0.15) is 11.4 Å². The largest absolute Gasteiger partial charge is 0.769 e. The zero-order valence-electron chi connectivity index (χ0n) is 17.3. The molecule has 3 aromatic carbocycles. The van der Waals surface area contributed by atoms with Crippen molar-refractivity contribution in [1.82, 2.24) is 0 Å². The summed E-state index contributed by atoms with van der Waals surface area (Å²) in [5.41, 5.74) is 1.26. The molecule has 0 aliphatic carbocycles. The minimum atomic E-state index is -0.648. The van der Waals surface area contributed by atoms with Gasteiger partial charge in [-0.15, -0.1) is 10.5 Å². The second-order valence-electron chi connectivity index (χ2n) is 6.91. The number of anilines is 4. The van der Waals surface area contributed by atoms with E-state index in [9.17, 15) is 41.7 Å². The van der Waals surface area contributed by atoms with Crippen LogP contribution in [0.1, 0.15) is 22.3 Å². The maximum atomic E-state index is 10.9. The zero-order chi connectivity index (χ0) is 24.8. The molecular weight excluding hydrogens is 448 g/mol. The number of rotatable bonds is 8. The summed E-state index contributed by atoms with van der Waals surface area (Å²) in [7, 11) is 0. The highest BCUT2D eigenvalue weighted by molar-refractivity contribution is 5.81. The Bertz CT molecular complexity index is 1090. The van der Waals surface area contributed by atoms with Crippen LogP contribution >= 0.6 is 0 Å². The van der Waals surface area contributed by atoms with Crippen LogP contribution in [-0.4, -0.2) is 20.8 Å². The lowest BCUT2D eigenvalue weighted by molar-refractivity contribution is 0.0284. The van der Waals surface area contributed by atoms with Gasteiger partial charge in [0, 0.05) is 22.5 Å². The molecular formula is C22H18N4O8-4. The third kappa shape index (κ3) is 6.08. The van der Waals surface area contributed by atoms with Crippen LogP contribution in [0, 0.1) is 20.8 Å². The van der Waals surface area contributed by atoms with Crippen molar-refractivity contribution in [3.05, 3.63) is 104 Å². The Morgan fingerprint density at radius 2 is 0.853 bits per heavy atom. The number of hydrogen-bond acceptors (Lipinski definition) is 12. The fourth-order valence-electron chi connectivity index (χ4n) is 3.01. The molecule has 0 saturated carbocycles. The van der Waals surface area contributed by atoms with Gasteiger partial charge in [0.15, 0.2) is 0 Å². The van der Waals surface area contributed by atoms with Gasteiger partial charge in [-0.2, -0.15) is 0 Å².